The number of sulfonamides is 1. The van der Waals surface area contributed by atoms with Gasteiger partial charge < -0.3 is 5.32 Å². The predicted molar refractivity (Wildman–Crippen MR) is 75.1 cm³/mol. The van der Waals surface area contributed by atoms with Crippen LogP contribution >= 0.6 is 16.1 Å². The van der Waals surface area contributed by atoms with Crippen molar-refractivity contribution in [3.63, 3.8) is 0 Å². The molecule has 0 saturated heterocycles. The molecule has 98 valence electrons. The van der Waals surface area contributed by atoms with Crippen LogP contribution in [0.4, 0.5) is 0 Å². The normalized spacial score (nSPS) is 15.3. The standard InChI is InChI=1S/C11H14BrN3O2S/c12-15-18(16,17)8-10-3-1-2-9(6-10)7-11-13-4-5-14-11/h1-3,6,15H,4-5,7-8H2,(H,13,14). The molecule has 0 fully saturated rings. The summed E-state index contributed by atoms with van der Waals surface area (Å²) in [5, 5.41) is 3.20. The van der Waals surface area contributed by atoms with Gasteiger partial charge in [0.05, 0.1) is 12.3 Å². The van der Waals surface area contributed by atoms with Crippen LogP contribution in [0, 0.1) is 0 Å². The first-order valence-electron chi connectivity index (χ1n) is 5.54. The van der Waals surface area contributed by atoms with Crippen molar-refractivity contribution in [3.05, 3.63) is 35.4 Å². The number of hydrogen-bond acceptors (Lipinski definition) is 4. The predicted octanol–water partition coefficient (Wildman–Crippen LogP) is 0.960. The molecule has 0 bridgehead atoms. The number of hydrogen-bond donors (Lipinski definition) is 2. The van der Waals surface area contributed by atoms with Crippen LogP contribution in [0.5, 0.6) is 0 Å². The van der Waals surface area contributed by atoms with Crippen molar-refractivity contribution in [2.24, 2.45) is 4.99 Å². The van der Waals surface area contributed by atoms with Crippen molar-refractivity contribution in [3.8, 4) is 0 Å². The van der Waals surface area contributed by atoms with E-state index in [0.29, 0.717) is 0 Å². The lowest BCUT2D eigenvalue weighted by molar-refractivity contribution is 0.594. The molecule has 0 spiro atoms. The Hall–Kier alpha value is -0.920. The minimum atomic E-state index is -3.30. The summed E-state index contributed by atoms with van der Waals surface area (Å²) in [6, 6.07) is 7.53. The van der Waals surface area contributed by atoms with Gasteiger partial charge in [-0.2, -0.15) is 0 Å². The lowest BCUT2D eigenvalue weighted by atomic mass is 10.1. The van der Waals surface area contributed by atoms with Crippen molar-refractivity contribution in [2.75, 3.05) is 13.1 Å². The molecule has 0 aromatic heterocycles. The molecule has 1 aromatic carbocycles. The maximum absolute atomic E-state index is 11.4. The number of nitrogens with one attached hydrogen (secondary N) is 2. The number of nitrogens with zero attached hydrogens (tertiary/aromatic N) is 1. The first kappa shape index (κ1) is 13.5. The van der Waals surface area contributed by atoms with Crippen molar-refractivity contribution in [2.45, 2.75) is 12.2 Å². The van der Waals surface area contributed by atoms with Gasteiger partial charge in [-0.25, -0.2) is 8.42 Å². The van der Waals surface area contributed by atoms with Crippen molar-refractivity contribution in [1.29, 1.82) is 0 Å². The zero-order chi connectivity index (χ0) is 13.0. The van der Waals surface area contributed by atoms with Gasteiger partial charge in [0.1, 0.15) is 5.84 Å². The summed E-state index contributed by atoms with van der Waals surface area (Å²) in [5.74, 6) is 0.931. The average Bonchev–Trinajstić information content (AvgIpc) is 2.82. The van der Waals surface area contributed by atoms with Gasteiger partial charge in [0, 0.05) is 29.1 Å². The Morgan fingerprint density at radius 1 is 1.39 bits per heavy atom. The van der Waals surface area contributed by atoms with E-state index in [1.54, 1.807) is 6.07 Å². The number of halogens is 1. The number of rotatable bonds is 5. The van der Waals surface area contributed by atoms with E-state index in [1.807, 2.05) is 18.2 Å². The maximum atomic E-state index is 11.4. The quantitative estimate of drug-likeness (QED) is 0.789. The molecule has 1 aliphatic rings. The Morgan fingerprint density at radius 2 is 2.17 bits per heavy atom. The Balaban J connectivity index is 2.10. The van der Waals surface area contributed by atoms with E-state index in [4.69, 9.17) is 0 Å². The maximum Gasteiger partial charge on any atom is 0.225 e. The Kier molecular flexibility index (Phi) is 4.36. The molecule has 0 atom stereocenters. The molecule has 7 heteroatoms. The summed E-state index contributed by atoms with van der Waals surface area (Å²) in [7, 11) is -3.30. The van der Waals surface area contributed by atoms with Crippen molar-refractivity contribution < 1.29 is 8.42 Å². The van der Waals surface area contributed by atoms with Crippen molar-refractivity contribution in [1.82, 2.24) is 9.06 Å². The lowest BCUT2D eigenvalue weighted by Gasteiger charge is -2.06. The summed E-state index contributed by atoms with van der Waals surface area (Å²) in [6.45, 7) is 1.70. The van der Waals surface area contributed by atoms with Gasteiger partial charge in [-0.15, -0.1) is 3.75 Å². The third-order valence-electron chi connectivity index (χ3n) is 2.58. The van der Waals surface area contributed by atoms with E-state index in [0.717, 1.165) is 36.5 Å². The molecule has 5 nitrogen and oxygen atoms in total. The SMILES string of the molecule is O=S(=O)(Cc1cccc(CC2=NCCN2)c1)NBr. The fourth-order valence-corrected chi connectivity index (χ4v) is 2.85. The second kappa shape index (κ2) is 5.81. The molecule has 0 saturated carbocycles. The first-order chi connectivity index (χ1) is 8.59. The second-order valence-corrected chi connectivity index (χ2v) is 6.73. The van der Waals surface area contributed by atoms with E-state index in [9.17, 15) is 8.42 Å². The molecule has 0 radical (unpaired) electrons. The number of amidine groups is 1. The fourth-order valence-electron chi connectivity index (χ4n) is 1.83. The number of benzene rings is 1. The third-order valence-corrected chi connectivity index (χ3v) is 5.01. The van der Waals surface area contributed by atoms with E-state index >= 15 is 0 Å². The van der Waals surface area contributed by atoms with Gasteiger partial charge in [0.2, 0.25) is 10.0 Å². The average molecular weight is 332 g/mol. The molecular formula is C11H14BrN3O2S. The van der Waals surface area contributed by atoms with Gasteiger partial charge in [-0.05, 0) is 11.1 Å². The van der Waals surface area contributed by atoms with Crippen LogP contribution in [-0.4, -0.2) is 27.3 Å². The fraction of sp³-hybridized carbons (Fsp3) is 0.364. The second-order valence-electron chi connectivity index (χ2n) is 4.09. The van der Waals surface area contributed by atoms with Crippen LogP contribution < -0.4 is 9.06 Å². The summed E-state index contributed by atoms with van der Waals surface area (Å²) >= 11 is 2.75. The van der Waals surface area contributed by atoms with Crippen LogP contribution in [0.2, 0.25) is 0 Å². The summed E-state index contributed by atoms with van der Waals surface area (Å²) in [6.07, 6.45) is 0.718. The lowest BCUT2D eigenvalue weighted by Crippen LogP contribution is -2.20. The minimum Gasteiger partial charge on any atom is -0.372 e. The van der Waals surface area contributed by atoms with E-state index in [-0.39, 0.29) is 5.75 Å². The molecular weight excluding hydrogens is 318 g/mol. The van der Waals surface area contributed by atoms with Crippen LogP contribution in [0.3, 0.4) is 0 Å². The van der Waals surface area contributed by atoms with Crippen LogP contribution in [0.25, 0.3) is 0 Å². The van der Waals surface area contributed by atoms with E-state index < -0.39 is 10.0 Å². The zero-order valence-corrected chi connectivity index (χ0v) is 12.1. The van der Waals surface area contributed by atoms with Crippen molar-refractivity contribution >= 4 is 32.0 Å². The van der Waals surface area contributed by atoms with Gasteiger partial charge in [-0.1, -0.05) is 24.3 Å². The minimum absolute atomic E-state index is 0.0357. The molecule has 18 heavy (non-hydrogen) atoms. The van der Waals surface area contributed by atoms with Crippen LogP contribution in [-0.2, 0) is 22.2 Å². The molecule has 2 N–H and O–H groups in total. The Morgan fingerprint density at radius 3 is 2.83 bits per heavy atom. The molecule has 0 unspecified atom stereocenters. The summed E-state index contributed by atoms with van der Waals surface area (Å²) in [4.78, 5) is 4.32. The molecule has 2 rings (SSSR count). The van der Waals surface area contributed by atoms with E-state index in [1.165, 1.54) is 0 Å². The molecule has 0 amide bonds. The van der Waals surface area contributed by atoms with Gasteiger partial charge in [-0.3, -0.25) is 4.99 Å². The smallest absolute Gasteiger partial charge is 0.225 e. The molecule has 0 aliphatic carbocycles. The largest absolute Gasteiger partial charge is 0.372 e. The highest BCUT2D eigenvalue weighted by Gasteiger charge is 2.11. The summed E-state index contributed by atoms with van der Waals surface area (Å²) < 4.78 is 25.0. The Labute approximate surface area is 115 Å². The highest BCUT2D eigenvalue weighted by Crippen LogP contribution is 2.10. The zero-order valence-electron chi connectivity index (χ0n) is 9.69. The molecule has 1 aliphatic heterocycles. The molecule has 1 aromatic rings. The summed E-state index contributed by atoms with van der Waals surface area (Å²) in [5.41, 5.74) is 1.82. The van der Waals surface area contributed by atoms with Gasteiger partial charge in [0.25, 0.3) is 0 Å². The van der Waals surface area contributed by atoms with Gasteiger partial charge in [0.15, 0.2) is 0 Å². The molecule has 1 heterocycles. The van der Waals surface area contributed by atoms with Crippen LogP contribution in [0.1, 0.15) is 11.1 Å². The highest BCUT2D eigenvalue weighted by atomic mass is 79.9. The topological polar surface area (TPSA) is 70.6 Å². The van der Waals surface area contributed by atoms with Gasteiger partial charge >= 0.3 is 0 Å². The first-order valence-corrected chi connectivity index (χ1v) is 7.99. The monoisotopic (exact) mass is 331 g/mol. The van der Waals surface area contributed by atoms with Crippen LogP contribution in [0.15, 0.2) is 29.3 Å². The highest BCUT2D eigenvalue weighted by molar-refractivity contribution is 9.09. The number of aliphatic imine (C=N–C) groups is 1. The van der Waals surface area contributed by atoms with E-state index in [2.05, 4.69) is 30.2 Å². The Bertz CT molecular complexity index is 557. The third kappa shape index (κ3) is 3.79.